The smallest absolute Gasteiger partial charge is 0.332 e. The molecule has 2 amide bonds. The summed E-state index contributed by atoms with van der Waals surface area (Å²) >= 11 is 1.67. The zero-order valence-corrected chi connectivity index (χ0v) is 8.10. The molecule has 0 saturated heterocycles. The molecule has 0 atom stereocenters. The molecular formula is C8H11N3OS. The Labute approximate surface area is 80.4 Å². The molecule has 0 aromatic carbocycles. The maximum atomic E-state index is 10.3. The summed E-state index contributed by atoms with van der Waals surface area (Å²) in [6.07, 6.45) is 2.59. The number of aryl methyl sites for hydroxylation is 1. The van der Waals surface area contributed by atoms with Gasteiger partial charge in [0, 0.05) is 10.4 Å². The lowest BCUT2D eigenvalue weighted by molar-refractivity contribution is 0.249. The third-order valence-corrected chi connectivity index (χ3v) is 2.51. The Morgan fingerprint density at radius 1 is 1.85 bits per heavy atom. The molecule has 0 unspecified atom stereocenters. The molecule has 0 saturated carbocycles. The van der Waals surface area contributed by atoms with Crippen LogP contribution in [0.25, 0.3) is 0 Å². The van der Waals surface area contributed by atoms with Gasteiger partial charge in [-0.1, -0.05) is 6.92 Å². The van der Waals surface area contributed by atoms with Gasteiger partial charge in [0.1, 0.15) is 0 Å². The van der Waals surface area contributed by atoms with Gasteiger partial charge in [0.25, 0.3) is 0 Å². The first-order valence-electron chi connectivity index (χ1n) is 3.88. The first-order chi connectivity index (χ1) is 6.22. The van der Waals surface area contributed by atoms with E-state index < -0.39 is 6.03 Å². The average Bonchev–Trinajstić information content (AvgIpc) is 2.52. The number of hydrazone groups is 1. The summed E-state index contributed by atoms with van der Waals surface area (Å²) in [6, 6.07) is 1.37. The number of thiophene rings is 1. The standard InChI is InChI=1S/C8H11N3OS/c1-2-7-3-6(5-13-7)4-10-11-8(9)12/h3-5H,2H2,1H3,(H3,9,11,12)/b10-4-. The maximum absolute atomic E-state index is 10.3. The highest BCUT2D eigenvalue weighted by molar-refractivity contribution is 7.10. The highest BCUT2D eigenvalue weighted by Crippen LogP contribution is 2.12. The van der Waals surface area contributed by atoms with Gasteiger partial charge in [-0.2, -0.15) is 5.10 Å². The molecule has 1 aromatic rings. The molecule has 13 heavy (non-hydrogen) atoms. The maximum Gasteiger partial charge on any atom is 0.332 e. The van der Waals surface area contributed by atoms with Crippen molar-refractivity contribution in [2.75, 3.05) is 0 Å². The van der Waals surface area contributed by atoms with Gasteiger partial charge in [0.05, 0.1) is 6.21 Å². The number of hydrogen-bond donors (Lipinski definition) is 2. The monoisotopic (exact) mass is 197 g/mol. The van der Waals surface area contributed by atoms with Gasteiger partial charge >= 0.3 is 6.03 Å². The van der Waals surface area contributed by atoms with Crippen molar-refractivity contribution in [2.45, 2.75) is 13.3 Å². The predicted octanol–water partition coefficient (Wildman–Crippen LogP) is 1.31. The molecular weight excluding hydrogens is 186 g/mol. The number of nitrogens with two attached hydrogens (primary N) is 1. The second-order valence-electron chi connectivity index (χ2n) is 2.43. The van der Waals surface area contributed by atoms with E-state index >= 15 is 0 Å². The number of urea groups is 1. The Morgan fingerprint density at radius 2 is 2.62 bits per heavy atom. The highest BCUT2D eigenvalue weighted by Gasteiger charge is 1.94. The van der Waals surface area contributed by atoms with E-state index in [1.54, 1.807) is 17.6 Å². The van der Waals surface area contributed by atoms with Gasteiger partial charge in [-0.25, -0.2) is 10.2 Å². The van der Waals surface area contributed by atoms with Gasteiger partial charge < -0.3 is 5.73 Å². The lowest BCUT2D eigenvalue weighted by Crippen LogP contribution is -2.24. The van der Waals surface area contributed by atoms with E-state index in [0.29, 0.717) is 0 Å². The fourth-order valence-electron chi connectivity index (χ4n) is 0.821. The van der Waals surface area contributed by atoms with Gasteiger partial charge in [-0.3, -0.25) is 0 Å². The van der Waals surface area contributed by atoms with E-state index in [0.717, 1.165) is 12.0 Å². The zero-order valence-electron chi connectivity index (χ0n) is 7.28. The molecule has 1 aromatic heterocycles. The van der Waals surface area contributed by atoms with Crippen molar-refractivity contribution >= 4 is 23.6 Å². The van der Waals surface area contributed by atoms with Crippen LogP contribution in [0.5, 0.6) is 0 Å². The molecule has 0 aliphatic rings. The molecule has 5 heteroatoms. The number of nitrogens with zero attached hydrogens (tertiary/aromatic N) is 1. The molecule has 0 aliphatic carbocycles. The second kappa shape index (κ2) is 4.61. The highest BCUT2D eigenvalue weighted by atomic mass is 32.1. The molecule has 0 aliphatic heterocycles. The minimum Gasteiger partial charge on any atom is -0.350 e. The van der Waals surface area contributed by atoms with Crippen LogP contribution in [0.2, 0.25) is 0 Å². The number of rotatable bonds is 3. The second-order valence-corrected chi connectivity index (χ2v) is 3.43. The first-order valence-corrected chi connectivity index (χ1v) is 4.76. The summed E-state index contributed by atoms with van der Waals surface area (Å²) in [5.74, 6) is 0. The van der Waals surface area contributed by atoms with E-state index in [1.165, 1.54) is 4.88 Å². The van der Waals surface area contributed by atoms with E-state index in [2.05, 4.69) is 17.5 Å². The normalized spacial score (nSPS) is 10.5. The molecule has 1 rings (SSSR count). The van der Waals surface area contributed by atoms with E-state index in [4.69, 9.17) is 5.73 Å². The largest absolute Gasteiger partial charge is 0.350 e. The minimum atomic E-state index is -0.651. The number of nitrogens with one attached hydrogen (secondary N) is 1. The van der Waals surface area contributed by atoms with Crippen LogP contribution in [0.15, 0.2) is 16.5 Å². The Bertz CT molecular complexity index is 319. The summed E-state index contributed by atoms with van der Waals surface area (Å²) in [5, 5.41) is 5.62. The summed E-state index contributed by atoms with van der Waals surface area (Å²) in [6.45, 7) is 2.09. The average molecular weight is 197 g/mol. The number of primary amides is 1. The van der Waals surface area contributed by atoms with Crippen molar-refractivity contribution in [2.24, 2.45) is 10.8 Å². The summed E-state index contributed by atoms with van der Waals surface area (Å²) in [7, 11) is 0. The van der Waals surface area contributed by atoms with Crippen LogP contribution in [-0.2, 0) is 6.42 Å². The molecule has 0 fully saturated rings. The Balaban J connectivity index is 2.53. The third kappa shape index (κ3) is 3.25. The van der Waals surface area contributed by atoms with Crippen molar-refractivity contribution in [3.05, 3.63) is 21.9 Å². The van der Waals surface area contributed by atoms with Crippen molar-refractivity contribution in [3.8, 4) is 0 Å². The van der Waals surface area contributed by atoms with Crippen molar-refractivity contribution < 1.29 is 4.79 Å². The molecule has 0 bridgehead atoms. The predicted molar refractivity (Wildman–Crippen MR) is 54.0 cm³/mol. The molecule has 0 spiro atoms. The van der Waals surface area contributed by atoms with Crippen molar-refractivity contribution in [1.82, 2.24) is 5.43 Å². The molecule has 1 heterocycles. The summed E-state index contributed by atoms with van der Waals surface area (Å²) in [4.78, 5) is 11.5. The Kier molecular flexibility index (Phi) is 3.45. The summed E-state index contributed by atoms with van der Waals surface area (Å²) in [5.41, 5.74) is 7.94. The van der Waals surface area contributed by atoms with Crippen molar-refractivity contribution in [1.29, 1.82) is 0 Å². The van der Waals surface area contributed by atoms with E-state index in [9.17, 15) is 4.79 Å². The number of hydrogen-bond acceptors (Lipinski definition) is 3. The molecule has 0 radical (unpaired) electrons. The van der Waals surface area contributed by atoms with Crippen LogP contribution in [0, 0.1) is 0 Å². The fraction of sp³-hybridized carbons (Fsp3) is 0.250. The zero-order chi connectivity index (χ0) is 9.68. The fourth-order valence-corrected chi connectivity index (χ4v) is 1.61. The lowest BCUT2D eigenvalue weighted by Gasteiger charge is -1.88. The van der Waals surface area contributed by atoms with Gasteiger partial charge in [0.15, 0.2) is 0 Å². The van der Waals surface area contributed by atoms with Crippen LogP contribution < -0.4 is 11.2 Å². The van der Waals surface area contributed by atoms with Gasteiger partial charge in [-0.05, 0) is 17.9 Å². The third-order valence-electron chi connectivity index (χ3n) is 1.41. The minimum absolute atomic E-state index is 0.651. The molecule has 70 valence electrons. The quantitative estimate of drug-likeness (QED) is 0.557. The summed E-state index contributed by atoms with van der Waals surface area (Å²) < 4.78 is 0. The van der Waals surface area contributed by atoms with Crippen LogP contribution >= 0.6 is 11.3 Å². The van der Waals surface area contributed by atoms with Crippen molar-refractivity contribution in [3.63, 3.8) is 0 Å². The van der Waals surface area contributed by atoms with Gasteiger partial charge in [-0.15, -0.1) is 11.3 Å². The number of carbonyl (C=O) groups excluding carboxylic acids is 1. The van der Waals surface area contributed by atoms with Crippen LogP contribution in [0.3, 0.4) is 0 Å². The Hall–Kier alpha value is -1.36. The van der Waals surface area contributed by atoms with E-state index in [1.807, 2.05) is 11.4 Å². The van der Waals surface area contributed by atoms with Crippen LogP contribution in [0.4, 0.5) is 4.79 Å². The Morgan fingerprint density at radius 3 is 3.15 bits per heavy atom. The molecule has 4 nitrogen and oxygen atoms in total. The number of carbonyl (C=O) groups is 1. The SMILES string of the molecule is CCc1cc(/C=N\NC(N)=O)cs1. The topological polar surface area (TPSA) is 67.5 Å². The van der Waals surface area contributed by atoms with Gasteiger partial charge in [0.2, 0.25) is 0 Å². The first kappa shape index (κ1) is 9.73. The van der Waals surface area contributed by atoms with E-state index in [-0.39, 0.29) is 0 Å². The number of amides is 2. The lowest BCUT2D eigenvalue weighted by atomic mass is 10.3. The van der Waals surface area contributed by atoms with Crippen LogP contribution in [-0.4, -0.2) is 12.2 Å². The molecule has 3 N–H and O–H groups in total. The van der Waals surface area contributed by atoms with Crippen LogP contribution in [0.1, 0.15) is 17.4 Å².